The SMILES string of the molecule is O=[SH](=O)Cc1cc(-c2ccccc2)ccc1-c1[nH]c(C(F)(F)F)nc1-c1ccccc1Cl. The summed E-state index contributed by atoms with van der Waals surface area (Å²) in [5, 5.41) is 0.228. The van der Waals surface area contributed by atoms with Gasteiger partial charge in [0.05, 0.1) is 22.2 Å². The van der Waals surface area contributed by atoms with Crippen LogP contribution in [0.1, 0.15) is 11.4 Å². The monoisotopic (exact) mass is 476 g/mol. The van der Waals surface area contributed by atoms with Gasteiger partial charge in [-0.2, -0.15) is 13.2 Å². The van der Waals surface area contributed by atoms with Crippen molar-refractivity contribution in [3.05, 3.63) is 89.2 Å². The van der Waals surface area contributed by atoms with Crippen LogP contribution >= 0.6 is 11.6 Å². The molecule has 1 heterocycles. The van der Waals surface area contributed by atoms with E-state index in [1.54, 1.807) is 42.5 Å². The zero-order valence-electron chi connectivity index (χ0n) is 16.4. The van der Waals surface area contributed by atoms with E-state index < -0.39 is 22.7 Å². The number of nitrogens with zero attached hydrogens (tertiary/aromatic N) is 1. The van der Waals surface area contributed by atoms with E-state index in [0.717, 1.165) is 11.1 Å². The minimum atomic E-state index is -4.72. The van der Waals surface area contributed by atoms with Crippen molar-refractivity contribution in [1.82, 2.24) is 9.97 Å². The molecule has 32 heavy (non-hydrogen) atoms. The van der Waals surface area contributed by atoms with Gasteiger partial charge in [0, 0.05) is 11.1 Å². The number of hydrogen-bond acceptors (Lipinski definition) is 3. The first-order valence-corrected chi connectivity index (χ1v) is 11.2. The van der Waals surface area contributed by atoms with Crippen molar-refractivity contribution in [2.45, 2.75) is 11.9 Å². The molecule has 0 aliphatic carbocycles. The summed E-state index contributed by atoms with van der Waals surface area (Å²) in [5.41, 5.74) is 2.62. The zero-order valence-corrected chi connectivity index (χ0v) is 18.0. The molecule has 0 aliphatic rings. The Morgan fingerprint density at radius 3 is 2.22 bits per heavy atom. The van der Waals surface area contributed by atoms with Crippen molar-refractivity contribution in [3.8, 4) is 33.6 Å². The van der Waals surface area contributed by atoms with Gasteiger partial charge in [-0.05, 0) is 28.8 Å². The lowest BCUT2D eigenvalue weighted by Crippen LogP contribution is -2.07. The molecule has 0 spiro atoms. The van der Waals surface area contributed by atoms with Gasteiger partial charge in [-0.3, -0.25) is 0 Å². The maximum atomic E-state index is 13.5. The minimum Gasteiger partial charge on any atom is -0.334 e. The third kappa shape index (κ3) is 4.56. The summed E-state index contributed by atoms with van der Waals surface area (Å²) in [6, 6.07) is 20.7. The molecule has 0 fully saturated rings. The number of nitrogens with one attached hydrogen (secondary N) is 1. The fraction of sp³-hybridized carbons (Fsp3) is 0.0870. The van der Waals surface area contributed by atoms with Crippen LogP contribution in [0.15, 0.2) is 72.8 Å². The van der Waals surface area contributed by atoms with Crippen LogP contribution < -0.4 is 0 Å². The second kappa shape index (κ2) is 8.80. The molecule has 0 radical (unpaired) electrons. The Morgan fingerprint density at radius 1 is 0.875 bits per heavy atom. The van der Waals surface area contributed by atoms with E-state index in [1.807, 2.05) is 30.3 Å². The van der Waals surface area contributed by atoms with E-state index in [-0.39, 0.29) is 22.2 Å². The molecule has 3 aromatic carbocycles. The third-order valence-corrected chi connectivity index (χ3v) is 5.81. The Hall–Kier alpha value is -3.10. The van der Waals surface area contributed by atoms with Crippen molar-refractivity contribution in [3.63, 3.8) is 0 Å². The number of halogens is 4. The first-order valence-electron chi connectivity index (χ1n) is 9.46. The van der Waals surface area contributed by atoms with E-state index in [0.29, 0.717) is 16.7 Å². The summed E-state index contributed by atoms with van der Waals surface area (Å²) in [5.74, 6) is -1.53. The van der Waals surface area contributed by atoms with Crippen molar-refractivity contribution < 1.29 is 21.6 Å². The smallest absolute Gasteiger partial charge is 0.334 e. The molecule has 0 atom stereocenters. The highest BCUT2D eigenvalue weighted by molar-refractivity contribution is 7.71. The Kier molecular flexibility index (Phi) is 6.08. The minimum absolute atomic E-state index is 0.00207. The standard InChI is InChI=1S/C23H16ClF3N2O2S/c24-19-9-5-4-8-18(19)21-20(28-22(29-21)23(25,26)27)17-11-10-15(12-16(17)13-32(30)31)14-6-2-1-3-7-14/h1-12,32H,13H2,(H,28,29). The maximum absolute atomic E-state index is 13.5. The van der Waals surface area contributed by atoms with E-state index in [2.05, 4.69) is 9.97 Å². The topological polar surface area (TPSA) is 62.8 Å². The van der Waals surface area contributed by atoms with Crippen molar-refractivity contribution in [2.24, 2.45) is 0 Å². The number of H-pyrrole nitrogens is 1. The molecule has 0 aliphatic heterocycles. The van der Waals surface area contributed by atoms with E-state index >= 15 is 0 Å². The van der Waals surface area contributed by atoms with Crippen LogP contribution in [0.4, 0.5) is 13.2 Å². The lowest BCUT2D eigenvalue weighted by atomic mass is 9.96. The Labute approximate surface area is 188 Å². The molecule has 0 bridgehead atoms. The Bertz CT molecular complexity index is 1340. The second-order valence-electron chi connectivity index (χ2n) is 7.02. The van der Waals surface area contributed by atoms with E-state index in [4.69, 9.17) is 11.6 Å². The molecule has 164 valence electrons. The molecule has 4 aromatic rings. The van der Waals surface area contributed by atoms with Crippen molar-refractivity contribution in [2.75, 3.05) is 0 Å². The lowest BCUT2D eigenvalue weighted by molar-refractivity contribution is -0.144. The molecule has 4 nitrogen and oxygen atoms in total. The molecular formula is C23H16ClF3N2O2S. The van der Waals surface area contributed by atoms with Gasteiger partial charge in [0.15, 0.2) is 0 Å². The number of thiol groups is 1. The van der Waals surface area contributed by atoms with Crippen LogP contribution in [-0.2, 0) is 22.6 Å². The highest BCUT2D eigenvalue weighted by atomic mass is 35.5. The fourth-order valence-corrected chi connectivity index (χ4v) is 4.23. The van der Waals surface area contributed by atoms with Gasteiger partial charge in [-0.15, -0.1) is 0 Å². The normalized spacial score (nSPS) is 11.8. The van der Waals surface area contributed by atoms with Gasteiger partial charge in [0.25, 0.3) is 0 Å². The van der Waals surface area contributed by atoms with Crippen LogP contribution in [0.2, 0.25) is 5.02 Å². The predicted octanol–water partition coefficient (Wildman–Crippen LogP) is 6.19. The van der Waals surface area contributed by atoms with Crippen LogP contribution in [0.25, 0.3) is 33.6 Å². The molecule has 4 rings (SSSR count). The number of imidazole rings is 1. The van der Waals surface area contributed by atoms with E-state index in [9.17, 15) is 21.6 Å². The van der Waals surface area contributed by atoms with Crippen LogP contribution in [0.5, 0.6) is 0 Å². The largest absolute Gasteiger partial charge is 0.449 e. The number of aromatic amines is 1. The van der Waals surface area contributed by atoms with Gasteiger partial charge in [-0.25, -0.2) is 13.4 Å². The molecule has 9 heteroatoms. The summed E-state index contributed by atoms with van der Waals surface area (Å²) < 4.78 is 63.6. The molecular weight excluding hydrogens is 461 g/mol. The number of rotatable bonds is 5. The van der Waals surface area contributed by atoms with Gasteiger partial charge >= 0.3 is 6.18 Å². The summed E-state index contributed by atoms with van der Waals surface area (Å²) >= 11 is 6.24. The third-order valence-electron chi connectivity index (χ3n) is 4.88. The van der Waals surface area contributed by atoms with Crippen molar-refractivity contribution in [1.29, 1.82) is 0 Å². The summed E-state index contributed by atoms with van der Waals surface area (Å²) in [7, 11) is -2.83. The molecule has 0 amide bonds. The first kappa shape index (κ1) is 22.1. The Morgan fingerprint density at radius 2 is 1.56 bits per heavy atom. The zero-order chi connectivity index (χ0) is 22.9. The average molecular weight is 477 g/mol. The van der Waals surface area contributed by atoms with Gasteiger partial charge in [-0.1, -0.05) is 72.3 Å². The summed E-state index contributed by atoms with van der Waals surface area (Å²) in [6.07, 6.45) is -4.72. The molecule has 0 saturated heterocycles. The number of alkyl halides is 3. The van der Waals surface area contributed by atoms with Crippen LogP contribution in [0.3, 0.4) is 0 Å². The maximum Gasteiger partial charge on any atom is 0.449 e. The lowest BCUT2D eigenvalue weighted by Gasteiger charge is -2.12. The number of aromatic nitrogens is 2. The highest BCUT2D eigenvalue weighted by Crippen LogP contribution is 2.40. The fourth-order valence-electron chi connectivity index (χ4n) is 3.47. The average Bonchev–Trinajstić information content (AvgIpc) is 3.20. The molecule has 1 aromatic heterocycles. The highest BCUT2D eigenvalue weighted by Gasteiger charge is 2.36. The van der Waals surface area contributed by atoms with Crippen molar-refractivity contribution >= 4 is 22.3 Å². The molecule has 0 saturated carbocycles. The quantitative estimate of drug-likeness (QED) is 0.337. The number of benzene rings is 3. The molecule has 1 N–H and O–H groups in total. The second-order valence-corrected chi connectivity index (χ2v) is 8.40. The van der Waals surface area contributed by atoms with Gasteiger partial charge in [0.1, 0.15) is 10.7 Å². The van der Waals surface area contributed by atoms with Crippen LogP contribution in [0, 0.1) is 0 Å². The van der Waals surface area contributed by atoms with Crippen LogP contribution in [-0.4, -0.2) is 18.4 Å². The summed E-state index contributed by atoms with van der Waals surface area (Å²) in [6.45, 7) is 0. The summed E-state index contributed by atoms with van der Waals surface area (Å²) in [4.78, 5) is 6.12. The molecule has 0 unspecified atom stereocenters. The van der Waals surface area contributed by atoms with Gasteiger partial charge < -0.3 is 4.98 Å². The Balaban J connectivity index is 1.96. The predicted molar refractivity (Wildman–Crippen MR) is 119 cm³/mol. The van der Waals surface area contributed by atoms with E-state index in [1.165, 1.54) is 0 Å². The first-order chi connectivity index (χ1) is 15.2. The van der Waals surface area contributed by atoms with Gasteiger partial charge in [0.2, 0.25) is 5.82 Å². The number of hydrogen-bond donors (Lipinski definition) is 2.